The fourth-order valence-electron chi connectivity index (χ4n) is 1.24. The molecule has 0 fully saturated rings. The minimum Gasteiger partial charge on any atom is -0.478 e. The van der Waals surface area contributed by atoms with E-state index in [0.717, 1.165) is 27.8 Å². The Bertz CT molecular complexity index is 371. The standard InChI is InChI=1S/C11H11ClO2/c1-7-5-9(3-4-10(13)14)6-8(2)11(7)12/h3-6H,1-2H3,(H,13,14)/b4-3+. The van der Waals surface area contributed by atoms with E-state index in [1.807, 2.05) is 26.0 Å². The van der Waals surface area contributed by atoms with Crippen LogP contribution in [-0.2, 0) is 4.79 Å². The summed E-state index contributed by atoms with van der Waals surface area (Å²) in [4.78, 5) is 10.3. The van der Waals surface area contributed by atoms with Crippen molar-refractivity contribution < 1.29 is 9.90 Å². The van der Waals surface area contributed by atoms with Crippen LogP contribution in [0.1, 0.15) is 16.7 Å². The van der Waals surface area contributed by atoms with Crippen LogP contribution in [-0.4, -0.2) is 11.1 Å². The number of aryl methyl sites for hydroxylation is 2. The van der Waals surface area contributed by atoms with Crippen LogP contribution in [0.5, 0.6) is 0 Å². The van der Waals surface area contributed by atoms with Gasteiger partial charge in [0, 0.05) is 11.1 Å². The molecule has 0 saturated carbocycles. The fraction of sp³-hybridized carbons (Fsp3) is 0.182. The van der Waals surface area contributed by atoms with Crippen LogP contribution in [0.4, 0.5) is 0 Å². The third kappa shape index (κ3) is 2.60. The van der Waals surface area contributed by atoms with Crippen molar-refractivity contribution in [3.63, 3.8) is 0 Å². The molecule has 2 nitrogen and oxygen atoms in total. The molecule has 1 N–H and O–H groups in total. The third-order valence-electron chi connectivity index (χ3n) is 1.88. The lowest BCUT2D eigenvalue weighted by molar-refractivity contribution is -0.131. The first-order chi connectivity index (χ1) is 6.50. The van der Waals surface area contributed by atoms with E-state index in [-0.39, 0.29) is 0 Å². The highest BCUT2D eigenvalue weighted by Crippen LogP contribution is 2.22. The lowest BCUT2D eigenvalue weighted by Crippen LogP contribution is -1.87. The van der Waals surface area contributed by atoms with Gasteiger partial charge in [0.1, 0.15) is 0 Å². The van der Waals surface area contributed by atoms with Crippen molar-refractivity contribution in [2.24, 2.45) is 0 Å². The van der Waals surface area contributed by atoms with E-state index in [1.165, 1.54) is 0 Å². The van der Waals surface area contributed by atoms with Crippen molar-refractivity contribution in [3.8, 4) is 0 Å². The molecule has 0 radical (unpaired) electrons. The second-order valence-electron chi connectivity index (χ2n) is 3.14. The molecule has 0 amide bonds. The van der Waals surface area contributed by atoms with Crippen LogP contribution < -0.4 is 0 Å². The Hall–Kier alpha value is -1.28. The molecule has 1 rings (SSSR count). The maximum atomic E-state index is 10.3. The molecular weight excluding hydrogens is 200 g/mol. The van der Waals surface area contributed by atoms with Gasteiger partial charge < -0.3 is 5.11 Å². The Morgan fingerprint density at radius 3 is 2.29 bits per heavy atom. The number of hydrogen-bond acceptors (Lipinski definition) is 1. The van der Waals surface area contributed by atoms with Crippen LogP contribution >= 0.6 is 11.6 Å². The first-order valence-electron chi connectivity index (χ1n) is 4.18. The SMILES string of the molecule is Cc1cc(/C=C/C(=O)O)cc(C)c1Cl. The predicted molar refractivity (Wildman–Crippen MR) is 57.6 cm³/mol. The predicted octanol–water partition coefficient (Wildman–Crippen LogP) is 3.05. The van der Waals surface area contributed by atoms with Gasteiger partial charge in [0.15, 0.2) is 0 Å². The second-order valence-corrected chi connectivity index (χ2v) is 3.52. The molecule has 0 bridgehead atoms. The van der Waals surface area contributed by atoms with Crippen molar-refractivity contribution in [2.45, 2.75) is 13.8 Å². The molecule has 0 aliphatic rings. The summed E-state index contributed by atoms with van der Waals surface area (Å²) >= 11 is 5.97. The minimum atomic E-state index is -0.949. The highest BCUT2D eigenvalue weighted by atomic mass is 35.5. The zero-order chi connectivity index (χ0) is 10.7. The average molecular weight is 211 g/mol. The first-order valence-corrected chi connectivity index (χ1v) is 4.56. The number of hydrogen-bond donors (Lipinski definition) is 1. The molecule has 74 valence electrons. The summed E-state index contributed by atoms with van der Waals surface area (Å²) in [7, 11) is 0. The Labute approximate surface area is 87.8 Å². The second kappa shape index (κ2) is 4.29. The number of rotatable bonds is 2. The van der Waals surface area contributed by atoms with Gasteiger partial charge in [0.25, 0.3) is 0 Å². The van der Waals surface area contributed by atoms with Gasteiger partial charge in [0.05, 0.1) is 0 Å². The Morgan fingerprint density at radius 2 is 1.86 bits per heavy atom. The smallest absolute Gasteiger partial charge is 0.328 e. The lowest BCUT2D eigenvalue weighted by Gasteiger charge is -2.03. The van der Waals surface area contributed by atoms with E-state index in [1.54, 1.807) is 6.08 Å². The van der Waals surface area contributed by atoms with Gasteiger partial charge in [-0.2, -0.15) is 0 Å². The minimum absolute atomic E-state index is 0.734. The van der Waals surface area contributed by atoms with Crippen molar-refractivity contribution >= 4 is 23.6 Å². The van der Waals surface area contributed by atoms with Gasteiger partial charge >= 0.3 is 5.97 Å². The fourth-order valence-corrected chi connectivity index (χ4v) is 1.35. The quantitative estimate of drug-likeness (QED) is 0.762. The van der Waals surface area contributed by atoms with E-state index in [9.17, 15) is 4.79 Å². The molecule has 0 spiro atoms. The zero-order valence-corrected chi connectivity index (χ0v) is 8.80. The van der Waals surface area contributed by atoms with E-state index < -0.39 is 5.97 Å². The maximum Gasteiger partial charge on any atom is 0.328 e. The summed E-state index contributed by atoms with van der Waals surface area (Å²) in [5, 5.41) is 9.19. The molecule has 0 saturated heterocycles. The molecular formula is C11H11ClO2. The number of carboxylic acid groups (broad SMARTS) is 1. The monoisotopic (exact) mass is 210 g/mol. The summed E-state index contributed by atoms with van der Waals surface area (Å²) in [5.74, 6) is -0.949. The van der Waals surface area contributed by atoms with Gasteiger partial charge in [-0.15, -0.1) is 0 Å². The van der Waals surface area contributed by atoms with Crippen molar-refractivity contribution in [1.29, 1.82) is 0 Å². The number of carboxylic acids is 1. The number of benzene rings is 1. The largest absolute Gasteiger partial charge is 0.478 e. The number of aliphatic carboxylic acids is 1. The normalized spacial score (nSPS) is 10.8. The molecule has 3 heteroatoms. The first kappa shape index (κ1) is 10.8. The number of carbonyl (C=O) groups is 1. The highest BCUT2D eigenvalue weighted by molar-refractivity contribution is 6.32. The number of halogens is 1. The van der Waals surface area contributed by atoms with Crippen LogP contribution in [0.15, 0.2) is 18.2 Å². The van der Waals surface area contributed by atoms with E-state index in [4.69, 9.17) is 16.7 Å². The summed E-state index contributed by atoms with van der Waals surface area (Å²) in [6, 6.07) is 3.71. The average Bonchev–Trinajstić information content (AvgIpc) is 2.10. The van der Waals surface area contributed by atoms with Gasteiger partial charge in [-0.3, -0.25) is 0 Å². The van der Waals surface area contributed by atoms with Crippen molar-refractivity contribution in [1.82, 2.24) is 0 Å². The van der Waals surface area contributed by atoms with Crippen LogP contribution in [0.2, 0.25) is 5.02 Å². The summed E-state index contributed by atoms with van der Waals surface area (Å²) in [6.07, 6.45) is 2.67. The van der Waals surface area contributed by atoms with Gasteiger partial charge in [-0.05, 0) is 36.6 Å². The zero-order valence-electron chi connectivity index (χ0n) is 8.04. The molecule has 1 aromatic carbocycles. The third-order valence-corrected chi connectivity index (χ3v) is 2.47. The van der Waals surface area contributed by atoms with E-state index >= 15 is 0 Å². The Morgan fingerprint density at radius 1 is 1.36 bits per heavy atom. The molecule has 0 aliphatic heterocycles. The summed E-state index contributed by atoms with van der Waals surface area (Å²) < 4.78 is 0. The van der Waals surface area contributed by atoms with Crippen LogP contribution in [0.25, 0.3) is 6.08 Å². The molecule has 0 aromatic heterocycles. The van der Waals surface area contributed by atoms with Gasteiger partial charge in [-0.1, -0.05) is 23.7 Å². The highest BCUT2D eigenvalue weighted by Gasteiger charge is 2.00. The van der Waals surface area contributed by atoms with Crippen LogP contribution in [0.3, 0.4) is 0 Å². The van der Waals surface area contributed by atoms with Crippen LogP contribution in [0, 0.1) is 13.8 Å². The summed E-state index contributed by atoms with van der Waals surface area (Å²) in [5.41, 5.74) is 2.76. The molecule has 1 aromatic rings. The van der Waals surface area contributed by atoms with Gasteiger partial charge in [0.2, 0.25) is 0 Å². The Kier molecular flexibility index (Phi) is 3.31. The van der Waals surface area contributed by atoms with E-state index in [2.05, 4.69) is 0 Å². The topological polar surface area (TPSA) is 37.3 Å². The molecule has 14 heavy (non-hydrogen) atoms. The maximum absolute atomic E-state index is 10.3. The molecule has 0 unspecified atom stereocenters. The molecule has 0 aliphatic carbocycles. The van der Waals surface area contributed by atoms with Crippen molar-refractivity contribution in [2.75, 3.05) is 0 Å². The van der Waals surface area contributed by atoms with E-state index in [0.29, 0.717) is 0 Å². The summed E-state index contributed by atoms with van der Waals surface area (Å²) in [6.45, 7) is 3.79. The molecule has 0 atom stereocenters. The van der Waals surface area contributed by atoms with Gasteiger partial charge in [-0.25, -0.2) is 4.79 Å². The van der Waals surface area contributed by atoms with Crippen molar-refractivity contribution in [3.05, 3.63) is 39.9 Å². The molecule has 0 heterocycles. The Balaban J connectivity index is 3.07. The lowest BCUT2D eigenvalue weighted by atomic mass is 10.1.